The maximum absolute atomic E-state index is 5.01. The first-order chi connectivity index (χ1) is 10.0. The van der Waals surface area contributed by atoms with Crippen molar-refractivity contribution in [3.8, 4) is 0 Å². The monoisotopic (exact) mass is 410 g/mol. The molecule has 0 aliphatic carbocycles. The van der Waals surface area contributed by atoms with Gasteiger partial charge >= 0.3 is 0 Å². The van der Waals surface area contributed by atoms with Crippen LogP contribution in [0.5, 0.6) is 0 Å². The fourth-order valence-electron chi connectivity index (χ4n) is 2.59. The van der Waals surface area contributed by atoms with Gasteiger partial charge in [-0.3, -0.25) is 0 Å². The fourth-order valence-corrected chi connectivity index (χ4v) is 6.05. The predicted octanol–water partition coefficient (Wildman–Crippen LogP) is 4.82. The molecule has 0 saturated carbocycles. The summed E-state index contributed by atoms with van der Waals surface area (Å²) < 4.78 is 1.36. The highest BCUT2D eigenvalue weighted by Gasteiger charge is 2.16. The van der Waals surface area contributed by atoms with E-state index in [9.17, 15) is 0 Å². The summed E-state index contributed by atoms with van der Waals surface area (Å²) >= 11 is 2.58. The Labute approximate surface area is 140 Å². The molecule has 0 saturated heterocycles. The molecule has 1 atom stereocenters. The van der Waals surface area contributed by atoms with E-state index in [1.807, 2.05) is 0 Å². The Bertz CT molecular complexity index is 841. The van der Waals surface area contributed by atoms with Gasteiger partial charge in [0.1, 0.15) is 0 Å². The topological polar surface area (TPSA) is 15.6 Å². The highest BCUT2D eigenvalue weighted by Crippen LogP contribution is 2.47. The number of para-hydroxylation sites is 1. The number of aryl methyl sites for hydroxylation is 2. The van der Waals surface area contributed by atoms with Crippen LogP contribution in [0, 0.1) is 11.4 Å². The third-order valence-electron chi connectivity index (χ3n) is 3.85. The van der Waals surface area contributed by atoms with Crippen LogP contribution in [0.15, 0.2) is 40.2 Å². The van der Waals surface area contributed by atoms with E-state index in [1.165, 1.54) is 37.3 Å². The fraction of sp³-hybridized carbons (Fsp3) is 0.294. The van der Waals surface area contributed by atoms with E-state index >= 15 is 0 Å². The van der Waals surface area contributed by atoms with Crippen LogP contribution in [0.2, 0.25) is 0 Å². The Morgan fingerprint density at radius 3 is 2.67 bits per heavy atom. The van der Waals surface area contributed by atoms with Gasteiger partial charge in [0, 0.05) is 29.2 Å². The summed E-state index contributed by atoms with van der Waals surface area (Å²) in [6.45, 7) is 4.37. The van der Waals surface area contributed by atoms with Crippen molar-refractivity contribution in [1.29, 1.82) is 0 Å². The van der Waals surface area contributed by atoms with Gasteiger partial charge in [0.15, 0.2) is 0 Å². The lowest BCUT2D eigenvalue weighted by Crippen LogP contribution is -2.12. The Morgan fingerprint density at radius 1 is 1.24 bits per heavy atom. The van der Waals surface area contributed by atoms with E-state index in [0.717, 1.165) is 6.42 Å². The molecule has 110 valence electrons. The van der Waals surface area contributed by atoms with E-state index < -0.39 is 0 Å². The van der Waals surface area contributed by atoms with E-state index in [0.29, 0.717) is 0 Å². The lowest BCUT2D eigenvalue weighted by atomic mass is 10.1. The van der Waals surface area contributed by atoms with Crippen molar-refractivity contribution in [2.45, 2.75) is 25.2 Å². The summed E-state index contributed by atoms with van der Waals surface area (Å²) in [4.78, 5) is 8.57. The van der Waals surface area contributed by atoms with Crippen LogP contribution in [0.1, 0.15) is 18.1 Å². The molecule has 0 N–H and O–H groups in total. The van der Waals surface area contributed by atoms with Crippen LogP contribution >= 0.6 is 28.9 Å². The summed E-state index contributed by atoms with van der Waals surface area (Å²) in [5, 5.41) is 1.18. The number of fused-ring (bicyclic) bond motifs is 2. The molecule has 2 aromatic rings. The van der Waals surface area contributed by atoms with Gasteiger partial charge in [-0.05, 0) is 63.9 Å². The number of anilines is 1. The first-order valence-electron chi connectivity index (χ1n) is 7.09. The summed E-state index contributed by atoms with van der Waals surface area (Å²) in [5.41, 5.74) is 5.08. The Hall–Kier alpha value is -0.880. The summed E-state index contributed by atoms with van der Waals surface area (Å²) in [5.74, 6) is 0. The average Bonchev–Trinajstić information content (AvgIpc) is 2.47. The second-order valence-corrected chi connectivity index (χ2v) is 9.52. The molecular weight excluding hydrogens is 391 g/mol. The average molecular weight is 410 g/mol. The zero-order valence-corrected chi connectivity index (χ0v) is 15.7. The molecule has 4 heteroatoms. The second kappa shape index (κ2) is 5.72. The van der Waals surface area contributed by atoms with Crippen molar-refractivity contribution in [2.24, 2.45) is 4.99 Å². The molecule has 1 aliphatic rings. The third-order valence-corrected chi connectivity index (χ3v) is 8.11. The number of halogens is 1. The molecule has 0 radical (unpaired) electrons. The molecule has 1 unspecified atom stereocenters. The molecule has 0 aromatic heterocycles. The van der Waals surface area contributed by atoms with Crippen molar-refractivity contribution in [3.05, 3.63) is 51.3 Å². The van der Waals surface area contributed by atoms with Gasteiger partial charge in [-0.15, -0.1) is 0 Å². The van der Waals surface area contributed by atoms with Crippen molar-refractivity contribution in [2.75, 3.05) is 19.0 Å². The van der Waals surface area contributed by atoms with Crippen molar-refractivity contribution >= 4 is 40.2 Å². The lowest BCUT2D eigenvalue weighted by molar-refractivity contribution is 1.06. The highest BCUT2D eigenvalue weighted by molar-refractivity contribution is 14.2. The van der Waals surface area contributed by atoms with Crippen LogP contribution in [-0.4, -0.2) is 14.1 Å². The lowest BCUT2D eigenvalue weighted by Gasteiger charge is -2.20. The van der Waals surface area contributed by atoms with Gasteiger partial charge in [0.05, 0.1) is 11.0 Å². The Balaban J connectivity index is 2.41. The maximum Gasteiger partial charge on any atom is 0.0809 e. The molecule has 3 rings (SSSR count). The molecule has 2 nitrogen and oxygen atoms in total. The smallest absolute Gasteiger partial charge is 0.0809 e. The summed E-state index contributed by atoms with van der Waals surface area (Å²) in [6, 6.07) is 11.1. The number of rotatable bonds is 2. The zero-order valence-electron chi connectivity index (χ0n) is 12.8. The van der Waals surface area contributed by atoms with Crippen LogP contribution < -0.4 is 10.3 Å². The van der Waals surface area contributed by atoms with E-state index in [-0.39, 0.29) is 7.66 Å². The Kier molecular flexibility index (Phi) is 4.10. The minimum Gasteiger partial charge on any atom is -0.378 e. The Morgan fingerprint density at radius 2 is 2.00 bits per heavy atom. The van der Waals surface area contributed by atoms with Gasteiger partial charge < -0.3 is 4.90 Å². The predicted molar refractivity (Wildman–Crippen MR) is 101 cm³/mol. The van der Waals surface area contributed by atoms with E-state index in [1.54, 1.807) is 0 Å². The quantitative estimate of drug-likeness (QED) is 0.512. The first-order valence-corrected chi connectivity index (χ1v) is 10.9. The molecule has 1 heterocycles. The van der Waals surface area contributed by atoms with Crippen molar-refractivity contribution in [3.63, 3.8) is 0 Å². The van der Waals surface area contributed by atoms with Crippen molar-refractivity contribution in [1.82, 2.24) is 0 Å². The van der Waals surface area contributed by atoms with Gasteiger partial charge in [-0.25, -0.2) is 4.99 Å². The summed E-state index contributed by atoms with van der Waals surface area (Å²) in [6.07, 6.45) is 1.02. The summed E-state index contributed by atoms with van der Waals surface area (Å²) in [7, 11) is 4.26. The SMILES string of the molecule is CCc1cc(N(C)C)cc2c1N=c1c(C)cccc1=S2I. The van der Waals surface area contributed by atoms with Crippen molar-refractivity contribution < 1.29 is 0 Å². The minimum atomic E-state index is 0.0605. The van der Waals surface area contributed by atoms with Crippen LogP contribution in [0.4, 0.5) is 11.4 Å². The molecule has 1 aliphatic heterocycles. The van der Waals surface area contributed by atoms with Gasteiger partial charge in [-0.2, -0.15) is 0 Å². The first kappa shape index (κ1) is 15.0. The highest BCUT2D eigenvalue weighted by atomic mass is 127. The molecule has 0 bridgehead atoms. The largest absolute Gasteiger partial charge is 0.378 e. The molecular formula is C17H19IN2S. The van der Waals surface area contributed by atoms with Gasteiger partial charge in [0.25, 0.3) is 0 Å². The number of benzene rings is 2. The molecule has 2 aromatic carbocycles. The van der Waals surface area contributed by atoms with Gasteiger partial charge in [0.2, 0.25) is 0 Å². The zero-order chi connectivity index (χ0) is 15.1. The second-order valence-electron chi connectivity index (χ2n) is 5.49. The molecule has 0 spiro atoms. The van der Waals surface area contributed by atoms with Crippen LogP contribution in [0.3, 0.4) is 0 Å². The minimum absolute atomic E-state index is 0.0605. The normalized spacial score (nSPS) is 16.0. The number of hydrogen-bond acceptors (Lipinski definition) is 2. The van der Waals surface area contributed by atoms with E-state index in [4.69, 9.17) is 4.99 Å². The number of nitrogens with zero attached hydrogens (tertiary/aromatic N) is 2. The maximum atomic E-state index is 5.01. The molecule has 21 heavy (non-hydrogen) atoms. The van der Waals surface area contributed by atoms with Crippen LogP contribution in [0.25, 0.3) is 0 Å². The van der Waals surface area contributed by atoms with E-state index in [2.05, 4.69) is 84.4 Å². The van der Waals surface area contributed by atoms with Gasteiger partial charge in [-0.1, -0.05) is 26.7 Å². The third kappa shape index (κ3) is 2.52. The number of hydrogen-bond donors (Lipinski definition) is 0. The molecule has 0 fully saturated rings. The van der Waals surface area contributed by atoms with Crippen LogP contribution in [-0.2, 0) is 6.42 Å². The molecule has 0 amide bonds. The standard InChI is InChI=1S/C17H19IN2S/c1-5-12-9-13(20(3)4)10-15-17(12)19-16-11(2)7-6-8-14(16)21(15)18/h6-10H,5H2,1-4H3.